The fraction of sp³-hybridized carbons (Fsp3) is 0.692. The third kappa shape index (κ3) is 4.14. The number of carbonyl (C=O) groups excluding carboxylic acids is 2. The first-order valence-corrected chi connectivity index (χ1v) is 6.10. The second kappa shape index (κ2) is 7.16. The Morgan fingerprint density at radius 3 is 3.00 bits per heavy atom. The normalized spacial score (nSPS) is 28.0. The van der Waals surface area contributed by atoms with E-state index in [2.05, 4.69) is 4.74 Å². The average molecular weight is 256 g/mol. The highest BCUT2D eigenvalue weighted by Gasteiger charge is 2.38. The first-order valence-electron chi connectivity index (χ1n) is 6.10. The molecule has 2 atom stereocenters. The molecule has 0 saturated carbocycles. The van der Waals surface area contributed by atoms with Crippen LogP contribution in [0.3, 0.4) is 0 Å². The fourth-order valence-electron chi connectivity index (χ4n) is 2.04. The van der Waals surface area contributed by atoms with Gasteiger partial charge in [-0.25, -0.2) is 4.79 Å². The number of ether oxygens (including phenoxy) is 3. The highest BCUT2D eigenvalue weighted by Crippen LogP contribution is 2.31. The van der Waals surface area contributed by atoms with Crippen molar-refractivity contribution in [2.75, 3.05) is 13.7 Å². The van der Waals surface area contributed by atoms with Gasteiger partial charge in [0.15, 0.2) is 0 Å². The molecule has 0 bridgehead atoms. The van der Waals surface area contributed by atoms with Gasteiger partial charge in [-0.1, -0.05) is 0 Å². The van der Waals surface area contributed by atoms with Crippen molar-refractivity contribution in [3.05, 3.63) is 12.3 Å². The average Bonchev–Trinajstić information content (AvgIpc) is 2.37. The van der Waals surface area contributed by atoms with Crippen molar-refractivity contribution in [3.8, 4) is 0 Å². The van der Waals surface area contributed by atoms with Gasteiger partial charge >= 0.3 is 5.97 Å². The third-order valence-electron chi connectivity index (χ3n) is 3.11. The quantitative estimate of drug-likeness (QED) is 0.313. The first kappa shape index (κ1) is 14.7. The molecule has 0 aromatic heterocycles. The smallest absolute Gasteiger partial charge is 0.333 e. The summed E-state index contributed by atoms with van der Waals surface area (Å²) in [7, 11) is 1.31. The van der Waals surface area contributed by atoms with Crippen molar-refractivity contribution < 1.29 is 23.8 Å². The highest BCUT2D eigenvalue weighted by atomic mass is 16.6. The SMILES string of the molecule is COC(=O)/C=C/O[C@@]1(C)CCCO[C@@H]1CCC=O. The Morgan fingerprint density at radius 2 is 2.33 bits per heavy atom. The van der Waals surface area contributed by atoms with Gasteiger partial charge in [0.05, 0.1) is 25.6 Å². The summed E-state index contributed by atoms with van der Waals surface area (Å²) in [5.41, 5.74) is -0.494. The van der Waals surface area contributed by atoms with Gasteiger partial charge in [-0.3, -0.25) is 0 Å². The van der Waals surface area contributed by atoms with Gasteiger partial charge in [0.2, 0.25) is 0 Å². The van der Waals surface area contributed by atoms with Gasteiger partial charge in [-0.2, -0.15) is 0 Å². The second-order valence-corrected chi connectivity index (χ2v) is 4.46. The van der Waals surface area contributed by atoms with E-state index in [0.717, 1.165) is 19.1 Å². The zero-order chi connectivity index (χ0) is 13.4. The van der Waals surface area contributed by atoms with Gasteiger partial charge in [0.25, 0.3) is 0 Å². The molecule has 5 nitrogen and oxygen atoms in total. The summed E-state index contributed by atoms with van der Waals surface area (Å²) in [6, 6.07) is 0. The zero-order valence-corrected chi connectivity index (χ0v) is 10.9. The molecule has 0 unspecified atom stereocenters. The monoisotopic (exact) mass is 256 g/mol. The van der Waals surface area contributed by atoms with E-state index in [1.807, 2.05) is 6.92 Å². The summed E-state index contributed by atoms with van der Waals surface area (Å²) in [4.78, 5) is 21.4. The lowest BCUT2D eigenvalue weighted by Gasteiger charge is -2.40. The Hall–Kier alpha value is -1.36. The number of esters is 1. The second-order valence-electron chi connectivity index (χ2n) is 4.46. The molecule has 5 heteroatoms. The Kier molecular flexibility index (Phi) is 5.85. The van der Waals surface area contributed by atoms with E-state index in [0.29, 0.717) is 19.4 Å². The van der Waals surface area contributed by atoms with Crippen LogP contribution in [0.25, 0.3) is 0 Å². The predicted molar refractivity (Wildman–Crippen MR) is 64.9 cm³/mol. The molecule has 0 amide bonds. The van der Waals surface area contributed by atoms with Crippen molar-refractivity contribution in [1.29, 1.82) is 0 Å². The summed E-state index contributed by atoms with van der Waals surface area (Å²) < 4.78 is 15.8. The van der Waals surface area contributed by atoms with Crippen LogP contribution in [0.5, 0.6) is 0 Å². The molecule has 1 aliphatic heterocycles. The maximum atomic E-state index is 10.9. The van der Waals surface area contributed by atoms with Crippen LogP contribution in [0.4, 0.5) is 0 Å². The van der Waals surface area contributed by atoms with Crippen molar-refractivity contribution in [2.45, 2.75) is 44.3 Å². The van der Waals surface area contributed by atoms with E-state index in [4.69, 9.17) is 9.47 Å². The molecular weight excluding hydrogens is 236 g/mol. The molecule has 0 aromatic carbocycles. The van der Waals surface area contributed by atoms with E-state index in [1.54, 1.807) is 0 Å². The summed E-state index contributed by atoms with van der Waals surface area (Å²) in [5.74, 6) is -0.459. The van der Waals surface area contributed by atoms with Crippen molar-refractivity contribution in [3.63, 3.8) is 0 Å². The number of aldehydes is 1. The van der Waals surface area contributed by atoms with Crippen LogP contribution in [0.2, 0.25) is 0 Å². The largest absolute Gasteiger partial charge is 0.492 e. The fourth-order valence-corrected chi connectivity index (χ4v) is 2.04. The van der Waals surface area contributed by atoms with E-state index in [-0.39, 0.29) is 6.10 Å². The number of hydrogen-bond acceptors (Lipinski definition) is 5. The maximum absolute atomic E-state index is 10.9. The molecule has 1 heterocycles. The van der Waals surface area contributed by atoms with Crippen LogP contribution in [-0.2, 0) is 23.8 Å². The van der Waals surface area contributed by atoms with Crippen molar-refractivity contribution in [2.24, 2.45) is 0 Å². The van der Waals surface area contributed by atoms with E-state index < -0.39 is 11.6 Å². The zero-order valence-electron chi connectivity index (χ0n) is 10.9. The Bertz CT molecular complexity index is 313. The van der Waals surface area contributed by atoms with Crippen LogP contribution in [0.15, 0.2) is 12.3 Å². The molecule has 1 fully saturated rings. The lowest BCUT2D eigenvalue weighted by atomic mass is 9.88. The topological polar surface area (TPSA) is 61.8 Å². The number of hydrogen-bond donors (Lipinski definition) is 0. The minimum atomic E-state index is -0.494. The first-order chi connectivity index (χ1) is 8.62. The Labute approximate surface area is 107 Å². The third-order valence-corrected chi connectivity index (χ3v) is 3.11. The van der Waals surface area contributed by atoms with Crippen LogP contribution >= 0.6 is 0 Å². The van der Waals surface area contributed by atoms with Crippen LogP contribution in [0, 0.1) is 0 Å². The summed E-state index contributed by atoms with van der Waals surface area (Å²) in [5, 5.41) is 0. The lowest BCUT2D eigenvalue weighted by Crippen LogP contribution is -2.46. The number of rotatable bonds is 6. The molecule has 1 aliphatic rings. The molecule has 102 valence electrons. The van der Waals surface area contributed by atoms with Crippen LogP contribution < -0.4 is 0 Å². The molecule has 0 N–H and O–H groups in total. The molecular formula is C13H20O5. The lowest BCUT2D eigenvalue weighted by molar-refractivity contribution is -0.144. The Balaban J connectivity index is 2.57. The minimum Gasteiger partial charge on any atom is -0.492 e. The molecule has 0 aliphatic carbocycles. The molecule has 1 rings (SSSR count). The summed E-state index contributed by atoms with van der Waals surface area (Å²) in [6.45, 7) is 2.62. The Morgan fingerprint density at radius 1 is 1.56 bits per heavy atom. The van der Waals surface area contributed by atoms with Gasteiger partial charge in [-0.05, 0) is 26.2 Å². The van der Waals surface area contributed by atoms with Crippen LogP contribution in [-0.4, -0.2) is 37.7 Å². The van der Waals surface area contributed by atoms with E-state index in [1.165, 1.54) is 19.4 Å². The molecule has 18 heavy (non-hydrogen) atoms. The molecule has 1 saturated heterocycles. The maximum Gasteiger partial charge on any atom is 0.333 e. The van der Waals surface area contributed by atoms with Gasteiger partial charge in [-0.15, -0.1) is 0 Å². The summed E-state index contributed by atoms with van der Waals surface area (Å²) in [6.07, 6.45) is 6.14. The van der Waals surface area contributed by atoms with Gasteiger partial charge in [0, 0.05) is 13.0 Å². The molecule has 0 radical (unpaired) electrons. The van der Waals surface area contributed by atoms with Crippen LogP contribution in [0.1, 0.15) is 32.6 Å². The predicted octanol–water partition coefficient (Wildman–Crippen LogP) is 1.61. The van der Waals surface area contributed by atoms with E-state index >= 15 is 0 Å². The standard InChI is InChI=1S/C13H20O5/c1-13(18-10-6-12(15)16-2)7-4-9-17-11(13)5-3-8-14/h6,8,10-11H,3-5,7,9H2,1-2H3/b10-6+/t11-,13+/m1/s1. The molecule has 0 spiro atoms. The highest BCUT2D eigenvalue weighted by molar-refractivity contribution is 5.81. The molecule has 0 aromatic rings. The van der Waals surface area contributed by atoms with Crippen molar-refractivity contribution >= 4 is 12.3 Å². The summed E-state index contributed by atoms with van der Waals surface area (Å²) >= 11 is 0. The van der Waals surface area contributed by atoms with Gasteiger partial charge < -0.3 is 19.0 Å². The van der Waals surface area contributed by atoms with Gasteiger partial charge in [0.1, 0.15) is 11.9 Å². The number of methoxy groups -OCH3 is 1. The van der Waals surface area contributed by atoms with Crippen molar-refractivity contribution in [1.82, 2.24) is 0 Å². The van der Waals surface area contributed by atoms with E-state index in [9.17, 15) is 9.59 Å². The number of carbonyl (C=O) groups is 2. The minimum absolute atomic E-state index is 0.126.